The molecule has 31 heavy (non-hydrogen) atoms. The van der Waals surface area contributed by atoms with Gasteiger partial charge in [-0.15, -0.1) is 16.4 Å². The smallest absolute Gasteiger partial charge is 0.154 e. The third kappa shape index (κ3) is 4.55. The molecule has 0 saturated carbocycles. The van der Waals surface area contributed by atoms with Crippen LogP contribution in [0.5, 0.6) is 0 Å². The number of ether oxygens (including phenoxy) is 1. The summed E-state index contributed by atoms with van der Waals surface area (Å²) < 4.78 is 7.00. The number of rotatable bonds is 5. The van der Waals surface area contributed by atoms with Crippen molar-refractivity contribution in [2.24, 2.45) is 0 Å². The lowest BCUT2D eigenvalue weighted by molar-refractivity contribution is -0.178. The van der Waals surface area contributed by atoms with Crippen molar-refractivity contribution < 1.29 is 20.1 Å². The number of hydrogen-bond donors (Lipinski definition) is 3. The topological polar surface area (TPSA) is 150 Å². The molecule has 1 aliphatic heterocycles. The number of nitrogens with zero attached hydrogens (tertiary/aromatic N) is 6. The van der Waals surface area contributed by atoms with Crippen molar-refractivity contribution in [2.75, 3.05) is 6.61 Å². The molecule has 1 aliphatic rings. The van der Waals surface area contributed by atoms with Crippen molar-refractivity contribution >= 4 is 46.3 Å². The van der Waals surface area contributed by atoms with E-state index in [-0.39, 0.29) is 5.69 Å². The van der Waals surface area contributed by atoms with Gasteiger partial charge >= 0.3 is 0 Å². The van der Waals surface area contributed by atoms with E-state index >= 15 is 0 Å². The Labute approximate surface area is 194 Å². The second-order valence-electron chi connectivity index (χ2n) is 6.49. The number of thioether (sulfide) groups is 1. The zero-order valence-corrected chi connectivity index (χ0v) is 18.6. The first-order valence-electron chi connectivity index (χ1n) is 8.79. The van der Waals surface area contributed by atoms with E-state index in [0.717, 1.165) is 11.8 Å². The van der Waals surface area contributed by atoms with Crippen molar-refractivity contribution in [1.82, 2.24) is 25.0 Å². The maximum atomic E-state index is 11.0. The van der Waals surface area contributed by atoms with E-state index in [2.05, 4.69) is 20.3 Å². The highest BCUT2D eigenvalue weighted by atomic mass is 35.5. The fraction of sp³-hybridized carbons (Fsp3) is 0.353. The Balaban J connectivity index is 1.64. The van der Waals surface area contributed by atoms with Crippen LogP contribution in [0.4, 0.5) is 0 Å². The minimum atomic E-state index is -1.28. The van der Waals surface area contributed by atoms with Crippen molar-refractivity contribution in [2.45, 2.75) is 34.7 Å². The highest BCUT2D eigenvalue weighted by Crippen LogP contribution is 2.39. The van der Waals surface area contributed by atoms with E-state index in [1.165, 1.54) is 34.5 Å². The van der Waals surface area contributed by atoms with Crippen molar-refractivity contribution in [1.29, 1.82) is 5.26 Å². The lowest BCUT2D eigenvalue weighted by Crippen LogP contribution is -2.55. The lowest BCUT2D eigenvalue weighted by atomic mass is 9.97. The van der Waals surface area contributed by atoms with Crippen LogP contribution in [0.1, 0.15) is 11.7 Å². The number of halogens is 2. The highest BCUT2D eigenvalue weighted by molar-refractivity contribution is 7.99. The van der Waals surface area contributed by atoms with E-state index in [0.29, 0.717) is 25.8 Å². The van der Waals surface area contributed by atoms with E-state index in [9.17, 15) is 20.6 Å². The van der Waals surface area contributed by atoms with Crippen LogP contribution in [0.15, 0.2) is 28.7 Å². The van der Waals surface area contributed by atoms with Gasteiger partial charge in [-0.05, 0) is 6.07 Å². The number of aliphatic hydroxyl groups excluding tert-OH is 3. The Hall–Kier alpha value is -1.82. The van der Waals surface area contributed by atoms with Crippen LogP contribution < -0.4 is 0 Å². The second-order valence-corrected chi connectivity index (χ2v) is 9.31. The minimum absolute atomic E-state index is 0.108. The summed E-state index contributed by atoms with van der Waals surface area (Å²) in [5, 5.41) is 51.6. The van der Waals surface area contributed by atoms with Gasteiger partial charge in [0.15, 0.2) is 5.69 Å². The molecule has 3 aromatic heterocycles. The Morgan fingerprint density at radius 2 is 2.13 bits per heavy atom. The standard InChI is InChI=1S/C17H14Cl2N6O4S2/c18-7-1-11(8(2-20)21-3-7)31-17-15(28)13(14(27)10(5-26)29-17)25-4-9(23-24-25)16-22-12(19)6-30-16/h1,3-4,6,10,13-15,17,26-28H,5H2/t10-,13+,14+,15-,17-/m1/s1. The predicted octanol–water partition coefficient (Wildman–Crippen LogP) is 1.75. The molecule has 10 nitrogen and oxygen atoms in total. The monoisotopic (exact) mass is 500 g/mol. The fourth-order valence-electron chi connectivity index (χ4n) is 3.09. The van der Waals surface area contributed by atoms with Crippen molar-refractivity contribution in [3.8, 4) is 16.8 Å². The first-order chi connectivity index (χ1) is 14.9. The Kier molecular flexibility index (Phi) is 6.75. The first kappa shape index (κ1) is 22.4. The van der Waals surface area contributed by atoms with Gasteiger partial charge in [-0.3, -0.25) is 0 Å². The third-order valence-electron chi connectivity index (χ3n) is 4.53. The second kappa shape index (κ2) is 9.35. The molecule has 3 aromatic rings. The van der Waals surface area contributed by atoms with E-state index in [4.69, 9.17) is 27.9 Å². The molecule has 0 bridgehead atoms. The number of thiazole rings is 1. The van der Waals surface area contributed by atoms with Crippen LogP contribution in [0.2, 0.25) is 10.2 Å². The molecule has 0 spiro atoms. The van der Waals surface area contributed by atoms with Crippen molar-refractivity contribution in [3.05, 3.63) is 39.7 Å². The summed E-state index contributed by atoms with van der Waals surface area (Å²) in [7, 11) is 0. The first-order valence-corrected chi connectivity index (χ1v) is 11.3. The molecule has 1 saturated heterocycles. The van der Waals surface area contributed by atoms with Crippen LogP contribution >= 0.6 is 46.3 Å². The fourth-order valence-corrected chi connectivity index (χ4v) is 5.36. The molecule has 0 aromatic carbocycles. The zero-order chi connectivity index (χ0) is 22.1. The van der Waals surface area contributed by atoms with Gasteiger partial charge in [-0.2, -0.15) is 5.26 Å². The molecule has 0 radical (unpaired) electrons. The zero-order valence-electron chi connectivity index (χ0n) is 15.4. The maximum absolute atomic E-state index is 11.0. The van der Waals surface area contributed by atoms with Gasteiger partial charge in [0.1, 0.15) is 51.7 Å². The molecule has 5 atom stereocenters. The molecule has 1 fully saturated rings. The van der Waals surface area contributed by atoms with Gasteiger partial charge in [-0.1, -0.05) is 40.2 Å². The summed E-state index contributed by atoms with van der Waals surface area (Å²) in [6.07, 6.45) is -0.699. The van der Waals surface area contributed by atoms with Gasteiger partial charge in [0, 0.05) is 16.5 Å². The highest BCUT2D eigenvalue weighted by Gasteiger charge is 2.46. The molecule has 3 N–H and O–H groups in total. The van der Waals surface area contributed by atoms with Gasteiger partial charge < -0.3 is 20.1 Å². The van der Waals surface area contributed by atoms with Crippen molar-refractivity contribution in [3.63, 3.8) is 0 Å². The Morgan fingerprint density at radius 1 is 1.32 bits per heavy atom. The summed E-state index contributed by atoms with van der Waals surface area (Å²) in [5.74, 6) is 0. The van der Waals surface area contributed by atoms with E-state index in [1.54, 1.807) is 5.38 Å². The van der Waals surface area contributed by atoms with E-state index in [1.807, 2.05) is 6.07 Å². The minimum Gasteiger partial charge on any atom is -0.394 e. The number of aromatic nitrogens is 5. The largest absolute Gasteiger partial charge is 0.394 e. The van der Waals surface area contributed by atoms with Crippen LogP contribution in [0.3, 0.4) is 0 Å². The third-order valence-corrected chi connectivity index (χ3v) is 7.11. The normalized spacial score (nSPS) is 26.0. The average Bonchev–Trinajstić information content (AvgIpc) is 3.39. The van der Waals surface area contributed by atoms with Crippen LogP contribution in [0.25, 0.3) is 10.7 Å². The predicted molar refractivity (Wildman–Crippen MR) is 113 cm³/mol. The lowest BCUT2D eigenvalue weighted by Gasteiger charge is -2.41. The van der Waals surface area contributed by atoms with Gasteiger partial charge in [0.25, 0.3) is 0 Å². The molecule has 0 aliphatic carbocycles. The molecule has 14 heteroatoms. The summed E-state index contributed by atoms with van der Waals surface area (Å²) in [5.41, 5.74) is -0.435. The van der Waals surface area contributed by atoms with Gasteiger partial charge in [-0.25, -0.2) is 14.6 Å². The van der Waals surface area contributed by atoms with Gasteiger partial charge in [0.05, 0.1) is 17.8 Å². The molecule has 0 amide bonds. The van der Waals surface area contributed by atoms with E-state index < -0.39 is 36.4 Å². The van der Waals surface area contributed by atoms with Gasteiger partial charge in [0.2, 0.25) is 0 Å². The molecule has 4 heterocycles. The molecular weight excluding hydrogens is 487 g/mol. The number of hydrogen-bond acceptors (Lipinski definition) is 11. The average molecular weight is 501 g/mol. The summed E-state index contributed by atoms with van der Waals surface area (Å²) in [6.45, 7) is -0.496. The van der Waals surface area contributed by atoms with Crippen LogP contribution in [-0.2, 0) is 4.74 Å². The Bertz CT molecular complexity index is 1120. The summed E-state index contributed by atoms with van der Waals surface area (Å²) in [4.78, 5) is 8.49. The SMILES string of the molecule is N#Cc1ncc(Cl)cc1S[C@H]1O[C@H](CO)[C@H](O)[C@H](n2cc(-c3nc(Cl)cs3)nn2)[C@H]1O. The Morgan fingerprint density at radius 3 is 2.81 bits per heavy atom. The number of aliphatic hydroxyl groups is 3. The molecule has 0 unspecified atom stereocenters. The quantitative estimate of drug-likeness (QED) is 0.472. The van der Waals surface area contributed by atoms with Crippen LogP contribution in [0, 0.1) is 11.3 Å². The summed E-state index contributed by atoms with van der Waals surface area (Å²) >= 11 is 14.1. The summed E-state index contributed by atoms with van der Waals surface area (Å²) in [6, 6.07) is 2.50. The molecular formula is C17H14Cl2N6O4S2. The molecule has 4 rings (SSSR count). The maximum Gasteiger partial charge on any atom is 0.154 e. The molecule has 162 valence electrons. The van der Waals surface area contributed by atoms with Crippen LogP contribution in [-0.4, -0.2) is 70.6 Å². The number of nitriles is 1. The number of pyridine rings is 1.